The van der Waals surface area contributed by atoms with Crippen molar-refractivity contribution in [1.29, 1.82) is 0 Å². The van der Waals surface area contributed by atoms with E-state index in [-0.39, 0.29) is 24.1 Å². The normalized spacial score (nSPS) is 10.9. The highest BCUT2D eigenvalue weighted by molar-refractivity contribution is 7.17. The Labute approximate surface area is 216 Å². The number of rotatable bonds is 8. The number of esters is 1. The molecule has 0 atom stereocenters. The summed E-state index contributed by atoms with van der Waals surface area (Å²) in [6.07, 6.45) is 0. The van der Waals surface area contributed by atoms with E-state index in [0.717, 1.165) is 21.3 Å². The van der Waals surface area contributed by atoms with E-state index < -0.39 is 17.2 Å². The minimum absolute atomic E-state index is 0.0408. The van der Waals surface area contributed by atoms with Crippen LogP contribution in [0.1, 0.15) is 27.0 Å². The van der Waals surface area contributed by atoms with Gasteiger partial charge in [0.1, 0.15) is 23.8 Å². The number of nitrogens with zero attached hydrogens (tertiary/aromatic N) is 2. The fourth-order valence-corrected chi connectivity index (χ4v) is 4.99. The lowest BCUT2D eigenvalue weighted by atomic mass is 10.2. The van der Waals surface area contributed by atoms with E-state index in [1.807, 2.05) is 84.9 Å². The molecule has 8 heteroatoms. The molecule has 0 N–H and O–H groups in total. The van der Waals surface area contributed by atoms with Gasteiger partial charge in [-0.3, -0.25) is 13.9 Å². The molecule has 7 nitrogen and oxygen atoms in total. The first-order valence-electron chi connectivity index (χ1n) is 11.7. The lowest BCUT2D eigenvalue weighted by molar-refractivity contribution is 0.0475. The Morgan fingerprint density at radius 1 is 0.811 bits per heavy atom. The number of aryl methyl sites for hydroxylation is 1. The zero-order chi connectivity index (χ0) is 25.8. The molecule has 0 aliphatic heterocycles. The van der Waals surface area contributed by atoms with Gasteiger partial charge in [0.25, 0.3) is 5.56 Å². The summed E-state index contributed by atoms with van der Waals surface area (Å²) in [6.45, 7) is 0.620. The third kappa shape index (κ3) is 5.24. The summed E-state index contributed by atoms with van der Waals surface area (Å²) >= 11 is 1.17. The van der Waals surface area contributed by atoms with Gasteiger partial charge < -0.3 is 9.47 Å². The van der Waals surface area contributed by atoms with Crippen LogP contribution in [-0.2, 0) is 31.5 Å². The fourth-order valence-electron chi connectivity index (χ4n) is 4.00. The molecular formula is C29H24N2O5S. The maximum atomic E-state index is 13.3. The molecule has 5 rings (SSSR count). The largest absolute Gasteiger partial charge is 0.489 e. The van der Waals surface area contributed by atoms with Gasteiger partial charge in [-0.05, 0) is 28.8 Å². The van der Waals surface area contributed by atoms with Gasteiger partial charge in [-0.25, -0.2) is 9.59 Å². The van der Waals surface area contributed by atoms with Gasteiger partial charge in [0, 0.05) is 12.4 Å². The quantitative estimate of drug-likeness (QED) is 0.281. The van der Waals surface area contributed by atoms with E-state index in [9.17, 15) is 14.4 Å². The molecule has 2 heterocycles. The predicted octanol–water partition coefficient (Wildman–Crippen LogP) is 4.75. The maximum Gasteiger partial charge on any atom is 0.340 e. The molecule has 2 aromatic heterocycles. The molecule has 0 saturated heterocycles. The number of hydrogen-bond acceptors (Lipinski definition) is 6. The van der Waals surface area contributed by atoms with Crippen LogP contribution in [-0.4, -0.2) is 15.1 Å². The van der Waals surface area contributed by atoms with Gasteiger partial charge in [-0.15, -0.1) is 11.3 Å². The molecule has 0 saturated carbocycles. The van der Waals surface area contributed by atoms with Crippen molar-refractivity contribution in [2.75, 3.05) is 0 Å². The van der Waals surface area contributed by atoms with Crippen LogP contribution in [0.2, 0.25) is 0 Å². The van der Waals surface area contributed by atoms with Crippen molar-refractivity contribution < 1.29 is 14.3 Å². The molecule has 0 aliphatic carbocycles. The van der Waals surface area contributed by atoms with E-state index in [0.29, 0.717) is 17.2 Å². The molecule has 0 spiro atoms. The first kappa shape index (κ1) is 24.3. The van der Waals surface area contributed by atoms with E-state index in [1.54, 1.807) is 12.4 Å². The number of aromatic nitrogens is 2. The molecule has 37 heavy (non-hydrogen) atoms. The standard InChI is InChI=1S/C29H24N2O5S/c1-30-27-25(26(32)31(29(30)34)16-20-8-4-2-5-9-20)24(19-37-27)28(33)36-18-22-12-14-23(15-13-22)35-17-21-10-6-3-7-11-21/h2-15,19H,16-18H2,1H3. The van der Waals surface area contributed by atoms with Crippen molar-refractivity contribution in [2.45, 2.75) is 19.8 Å². The summed E-state index contributed by atoms with van der Waals surface area (Å²) in [5.74, 6) is 0.0975. The van der Waals surface area contributed by atoms with Crippen molar-refractivity contribution >= 4 is 27.5 Å². The highest BCUT2D eigenvalue weighted by Gasteiger charge is 2.21. The smallest absolute Gasteiger partial charge is 0.340 e. The monoisotopic (exact) mass is 512 g/mol. The van der Waals surface area contributed by atoms with Crippen LogP contribution >= 0.6 is 11.3 Å². The Morgan fingerprint density at radius 3 is 2.11 bits per heavy atom. The van der Waals surface area contributed by atoms with Crippen LogP contribution in [0.5, 0.6) is 5.75 Å². The van der Waals surface area contributed by atoms with Gasteiger partial charge >= 0.3 is 11.7 Å². The second-order valence-corrected chi connectivity index (χ2v) is 9.40. The van der Waals surface area contributed by atoms with Crippen LogP contribution in [0.15, 0.2) is 99.9 Å². The molecule has 186 valence electrons. The maximum absolute atomic E-state index is 13.3. The van der Waals surface area contributed by atoms with Gasteiger partial charge in [0.15, 0.2) is 0 Å². The van der Waals surface area contributed by atoms with Crippen LogP contribution in [0.25, 0.3) is 10.2 Å². The Balaban J connectivity index is 1.31. The zero-order valence-corrected chi connectivity index (χ0v) is 20.9. The van der Waals surface area contributed by atoms with Gasteiger partial charge in [-0.1, -0.05) is 72.8 Å². The number of benzene rings is 3. The minimum Gasteiger partial charge on any atom is -0.489 e. The van der Waals surface area contributed by atoms with E-state index in [2.05, 4.69) is 0 Å². The third-order valence-electron chi connectivity index (χ3n) is 6.00. The fraction of sp³-hybridized carbons (Fsp3) is 0.138. The topological polar surface area (TPSA) is 79.5 Å². The summed E-state index contributed by atoms with van der Waals surface area (Å²) in [5, 5.41) is 1.76. The number of ether oxygens (including phenoxy) is 2. The van der Waals surface area contributed by atoms with E-state index >= 15 is 0 Å². The molecule has 0 aliphatic rings. The average Bonchev–Trinajstić information content (AvgIpc) is 3.39. The molecule has 0 unspecified atom stereocenters. The highest BCUT2D eigenvalue weighted by Crippen LogP contribution is 2.23. The summed E-state index contributed by atoms with van der Waals surface area (Å²) in [4.78, 5) is 39.6. The van der Waals surface area contributed by atoms with Crippen LogP contribution in [0.4, 0.5) is 0 Å². The zero-order valence-electron chi connectivity index (χ0n) is 20.1. The molecular weight excluding hydrogens is 488 g/mol. The van der Waals surface area contributed by atoms with Gasteiger partial charge in [0.2, 0.25) is 0 Å². The second kappa shape index (κ2) is 10.7. The van der Waals surface area contributed by atoms with Crippen LogP contribution in [0.3, 0.4) is 0 Å². The number of carbonyl (C=O) groups excluding carboxylic acids is 1. The molecule has 0 radical (unpaired) electrons. The number of carbonyl (C=O) groups is 1. The number of hydrogen-bond donors (Lipinski definition) is 0. The van der Waals surface area contributed by atoms with Gasteiger partial charge in [0.05, 0.1) is 17.5 Å². The lowest BCUT2D eigenvalue weighted by Crippen LogP contribution is -2.39. The Bertz CT molecular complexity index is 1650. The van der Waals surface area contributed by atoms with Crippen LogP contribution < -0.4 is 16.0 Å². The van der Waals surface area contributed by atoms with E-state index in [1.165, 1.54) is 15.9 Å². The summed E-state index contributed by atoms with van der Waals surface area (Å²) < 4.78 is 13.9. The van der Waals surface area contributed by atoms with Crippen molar-refractivity contribution in [3.8, 4) is 5.75 Å². The molecule has 3 aromatic carbocycles. The Kier molecular flexibility index (Phi) is 7.00. The molecule has 5 aromatic rings. The molecule has 0 amide bonds. The molecule has 0 bridgehead atoms. The minimum atomic E-state index is -0.613. The van der Waals surface area contributed by atoms with Crippen molar-refractivity contribution in [1.82, 2.24) is 9.13 Å². The van der Waals surface area contributed by atoms with E-state index in [4.69, 9.17) is 9.47 Å². The Morgan fingerprint density at radius 2 is 1.43 bits per heavy atom. The highest BCUT2D eigenvalue weighted by atomic mass is 32.1. The first-order chi connectivity index (χ1) is 18.0. The SMILES string of the molecule is Cn1c(=O)n(Cc2ccccc2)c(=O)c2c(C(=O)OCc3ccc(OCc4ccccc4)cc3)csc21. The number of fused-ring (bicyclic) bond motifs is 1. The van der Waals surface area contributed by atoms with Gasteiger partial charge in [-0.2, -0.15) is 0 Å². The van der Waals surface area contributed by atoms with Crippen molar-refractivity contribution in [3.05, 3.63) is 133 Å². The Hall–Kier alpha value is -4.43. The summed E-state index contributed by atoms with van der Waals surface area (Å²) in [7, 11) is 1.60. The van der Waals surface area contributed by atoms with Crippen LogP contribution in [0, 0.1) is 0 Å². The molecule has 0 fully saturated rings. The summed E-state index contributed by atoms with van der Waals surface area (Å²) in [6, 6.07) is 26.4. The summed E-state index contributed by atoms with van der Waals surface area (Å²) in [5.41, 5.74) is 1.90. The lowest BCUT2D eigenvalue weighted by Gasteiger charge is -2.10. The third-order valence-corrected chi connectivity index (χ3v) is 7.05. The second-order valence-electron chi connectivity index (χ2n) is 8.54. The average molecular weight is 513 g/mol. The predicted molar refractivity (Wildman–Crippen MR) is 143 cm³/mol. The number of thiophene rings is 1. The van der Waals surface area contributed by atoms with Crippen molar-refractivity contribution in [2.24, 2.45) is 7.05 Å². The first-order valence-corrected chi connectivity index (χ1v) is 12.6. The van der Waals surface area contributed by atoms with Crippen molar-refractivity contribution in [3.63, 3.8) is 0 Å².